The molecule has 80 valence electrons. The second-order valence-corrected chi connectivity index (χ2v) is 3.83. The summed E-state index contributed by atoms with van der Waals surface area (Å²) in [5, 5.41) is 2.97. The van der Waals surface area contributed by atoms with Gasteiger partial charge in [0.2, 0.25) is 0 Å². The van der Waals surface area contributed by atoms with Crippen LogP contribution in [-0.4, -0.2) is 17.0 Å². The monoisotopic (exact) mass is 204 g/mol. The molecule has 4 nitrogen and oxygen atoms in total. The first-order valence-corrected chi connectivity index (χ1v) is 5.31. The molecule has 1 heterocycles. The van der Waals surface area contributed by atoms with Gasteiger partial charge < -0.3 is 11.1 Å². The van der Waals surface area contributed by atoms with E-state index in [1.165, 1.54) is 12.8 Å². The fourth-order valence-electron chi connectivity index (χ4n) is 1.61. The average molecular weight is 204 g/mol. The van der Waals surface area contributed by atoms with Crippen LogP contribution >= 0.6 is 0 Å². The van der Waals surface area contributed by atoms with Gasteiger partial charge in [0.05, 0.1) is 6.04 Å². The average Bonchev–Trinajstić information content (AvgIpc) is 2.97. The van der Waals surface area contributed by atoms with E-state index in [2.05, 4.69) is 22.2 Å². The van der Waals surface area contributed by atoms with Crippen LogP contribution in [0.3, 0.4) is 0 Å². The van der Waals surface area contributed by atoms with Crippen molar-refractivity contribution in [3.8, 4) is 0 Å². The van der Waals surface area contributed by atoms with Gasteiger partial charge in [0.1, 0.15) is 5.82 Å². The Balaban J connectivity index is 1.90. The lowest BCUT2D eigenvalue weighted by molar-refractivity contribution is 0.759. The third-order valence-electron chi connectivity index (χ3n) is 2.64. The molecule has 0 bridgehead atoms. The highest BCUT2D eigenvalue weighted by Crippen LogP contribution is 2.36. The summed E-state index contributed by atoms with van der Waals surface area (Å²) in [6.45, 7) is 2.18. The highest BCUT2D eigenvalue weighted by atomic mass is 15.1. The van der Waals surface area contributed by atoms with E-state index in [9.17, 15) is 0 Å². The summed E-state index contributed by atoms with van der Waals surface area (Å²) in [6, 6.07) is 6.07. The van der Waals surface area contributed by atoms with E-state index in [-0.39, 0.29) is 0 Å². The van der Waals surface area contributed by atoms with Crippen molar-refractivity contribution >= 4 is 11.8 Å². The van der Waals surface area contributed by atoms with E-state index in [4.69, 9.17) is 5.73 Å². The quantitative estimate of drug-likeness (QED) is 0.580. The van der Waals surface area contributed by atoms with Gasteiger partial charge in [-0.3, -0.25) is 0 Å². The lowest BCUT2D eigenvalue weighted by atomic mass is 10.3. The molecule has 2 atom stereocenters. The lowest BCUT2D eigenvalue weighted by Crippen LogP contribution is -2.23. The van der Waals surface area contributed by atoms with Gasteiger partial charge >= 0.3 is 0 Å². The molecule has 0 spiro atoms. The molecule has 0 radical (unpaired) electrons. The summed E-state index contributed by atoms with van der Waals surface area (Å²) in [4.78, 5) is 8.49. The van der Waals surface area contributed by atoms with Crippen molar-refractivity contribution in [1.82, 2.24) is 4.98 Å². The molecule has 1 saturated carbocycles. The van der Waals surface area contributed by atoms with Crippen LogP contribution in [0.4, 0.5) is 5.82 Å². The predicted molar refractivity (Wildman–Crippen MR) is 61.7 cm³/mol. The molecule has 0 unspecified atom stereocenters. The number of hydrogen-bond acceptors (Lipinski definition) is 2. The van der Waals surface area contributed by atoms with Gasteiger partial charge in [-0.25, -0.2) is 9.98 Å². The van der Waals surface area contributed by atoms with E-state index in [0.717, 1.165) is 11.7 Å². The summed E-state index contributed by atoms with van der Waals surface area (Å²) in [7, 11) is 0. The molecule has 1 aliphatic carbocycles. The number of guanidine groups is 1. The summed E-state index contributed by atoms with van der Waals surface area (Å²) in [5.41, 5.74) is 5.76. The maximum atomic E-state index is 5.76. The number of aliphatic imine (C=N–C) groups is 1. The van der Waals surface area contributed by atoms with Crippen molar-refractivity contribution in [3.05, 3.63) is 24.4 Å². The lowest BCUT2D eigenvalue weighted by Gasteiger charge is -2.03. The molecule has 0 amide bonds. The number of nitrogens with one attached hydrogen (secondary N) is 1. The molecule has 1 fully saturated rings. The molecule has 1 aromatic rings. The fraction of sp³-hybridized carbons (Fsp3) is 0.455. The SMILES string of the molecule is CC[C@@H]1C[C@H]1N=C(N)Nc1ccccn1. The third-order valence-corrected chi connectivity index (χ3v) is 2.64. The number of rotatable bonds is 3. The highest BCUT2D eigenvalue weighted by molar-refractivity contribution is 5.91. The standard InChI is InChI=1S/C11H16N4/c1-2-8-7-9(8)14-11(12)15-10-5-3-4-6-13-10/h3-6,8-9H,2,7H2,1H3,(H3,12,13,14,15)/t8-,9-/m1/s1. The zero-order valence-electron chi connectivity index (χ0n) is 8.85. The Morgan fingerprint density at radius 3 is 3.13 bits per heavy atom. The van der Waals surface area contributed by atoms with Crippen LogP contribution in [0.1, 0.15) is 19.8 Å². The second kappa shape index (κ2) is 4.29. The molecule has 4 heteroatoms. The Labute approximate surface area is 89.6 Å². The van der Waals surface area contributed by atoms with E-state index >= 15 is 0 Å². The van der Waals surface area contributed by atoms with Crippen molar-refractivity contribution in [2.75, 3.05) is 5.32 Å². The Bertz CT molecular complexity index is 347. The molecule has 2 rings (SSSR count). The number of pyridine rings is 1. The van der Waals surface area contributed by atoms with Crippen molar-refractivity contribution in [2.45, 2.75) is 25.8 Å². The first kappa shape index (κ1) is 9.96. The topological polar surface area (TPSA) is 63.3 Å². The van der Waals surface area contributed by atoms with Crippen LogP contribution < -0.4 is 11.1 Å². The number of aromatic nitrogens is 1. The van der Waals surface area contributed by atoms with Gasteiger partial charge in [-0.05, 0) is 24.5 Å². The van der Waals surface area contributed by atoms with Gasteiger partial charge in [-0.2, -0.15) is 0 Å². The van der Waals surface area contributed by atoms with Gasteiger partial charge in [0.15, 0.2) is 5.96 Å². The van der Waals surface area contributed by atoms with E-state index in [1.54, 1.807) is 6.20 Å². The number of nitrogens with two attached hydrogens (primary N) is 1. The summed E-state index contributed by atoms with van der Waals surface area (Å²) in [5.74, 6) is 1.94. The summed E-state index contributed by atoms with van der Waals surface area (Å²) in [6.07, 6.45) is 4.08. The summed E-state index contributed by atoms with van der Waals surface area (Å²) < 4.78 is 0. The molecular formula is C11H16N4. The molecule has 1 aliphatic rings. The van der Waals surface area contributed by atoms with Gasteiger partial charge in [0.25, 0.3) is 0 Å². The van der Waals surface area contributed by atoms with E-state index < -0.39 is 0 Å². The van der Waals surface area contributed by atoms with Crippen molar-refractivity contribution < 1.29 is 0 Å². The molecule has 15 heavy (non-hydrogen) atoms. The van der Waals surface area contributed by atoms with Crippen LogP contribution in [0.5, 0.6) is 0 Å². The normalized spacial score (nSPS) is 25.0. The minimum Gasteiger partial charge on any atom is -0.370 e. The Hall–Kier alpha value is -1.58. The number of anilines is 1. The Morgan fingerprint density at radius 2 is 2.53 bits per heavy atom. The number of hydrogen-bond donors (Lipinski definition) is 2. The molecule has 3 N–H and O–H groups in total. The zero-order valence-corrected chi connectivity index (χ0v) is 8.85. The number of nitrogens with zero attached hydrogens (tertiary/aromatic N) is 2. The van der Waals surface area contributed by atoms with Gasteiger partial charge in [-0.15, -0.1) is 0 Å². The summed E-state index contributed by atoms with van der Waals surface area (Å²) >= 11 is 0. The van der Waals surface area contributed by atoms with Crippen LogP contribution in [0.15, 0.2) is 29.4 Å². The van der Waals surface area contributed by atoms with Crippen LogP contribution in [0.25, 0.3) is 0 Å². The predicted octanol–water partition coefficient (Wildman–Crippen LogP) is 1.61. The Kier molecular flexibility index (Phi) is 2.85. The molecule has 0 aromatic carbocycles. The van der Waals surface area contributed by atoms with Crippen molar-refractivity contribution in [1.29, 1.82) is 0 Å². The van der Waals surface area contributed by atoms with Gasteiger partial charge in [-0.1, -0.05) is 19.4 Å². The third kappa shape index (κ3) is 2.68. The van der Waals surface area contributed by atoms with Crippen molar-refractivity contribution in [2.24, 2.45) is 16.6 Å². The maximum Gasteiger partial charge on any atom is 0.194 e. The van der Waals surface area contributed by atoms with Crippen molar-refractivity contribution in [3.63, 3.8) is 0 Å². The molecule has 0 aliphatic heterocycles. The largest absolute Gasteiger partial charge is 0.370 e. The minimum atomic E-state index is 0.422. The minimum absolute atomic E-state index is 0.422. The maximum absolute atomic E-state index is 5.76. The Morgan fingerprint density at radius 1 is 1.67 bits per heavy atom. The first-order valence-electron chi connectivity index (χ1n) is 5.31. The van der Waals surface area contributed by atoms with Gasteiger partial charge in [0, 0.05) is 6.20 Å². The molecule has 0 saturated heterocycles. The fourth-order valence-corrected chi connectivity index (χ4v) is 1.61. The highest BCUT2D eigenvalue weighted by Gasteiger charge is 2.35. The second-order valence-electron chi connectivity index (χ2n) is 3.83. The molecule has 1 aromatic heterocycles. The van der Waals surface area contributed by atoms with Crippen LogP contribution in [-0.2, 0) is 0 Å². The smallest absolute Gasteiger partial charge is 0.194 e. The zero-order chi connectivity index (χ0) is 10.7. The van der Waals surface area contributed by atoms with Crippen LogP contribution in [0.2, 0.25) is 0 Å². The van der Waals surface area contributed by atoms with E-state index in [1.807, 2.05) is 18.2 Å². The van der Waals surface area contributed by atoms with Crippen LogP contribution in [0, 0.1) is 5.92 Å². The molecular weight excluding hydrogens is 188 g/mol. The first-order chi connectivity index (χ1) is 7.29. The van der Waals surface area contributed by atoms with E-state index in [0.29, 0.717) is 12.0 Å².